The maximum absolute atomic E-state index is 12.0. The van der Waals surface area contributed by atoms with E-state index in [1.807, 2.05) is 19.9 Å². The number of hydrogen-bond acceptors (Lipinski definition) is 4. The molecule has 0 heterocycles. The van der Waals surface area contributed by atoms with Crippen molar-refractivity contribution in [3.05, 3.63) is 63.1 Å². The van der Waals surface area contributed by atoms with E-state index in [1.54, 1.807) is 30.3 Å². The van der Waals surface area contributed by atoms with E-state index in [1.165, 1.54) is 0 Å². The molecule has 0 bridgehead atoms. The first-order valence-electron chi connectivity index (χ1n) is 7.96. The van der Waals surface area contributed by atoms with Crippen molar-refractivity contribution >= 4 is 35.1 Å². The molecule has 0 aliphatic rings. The third-order valence-corrected chi connectivity index (χ3v) is 4.27. The van der Waals surface area contributed by atoms with E-state index in [-0.39, 0.29) is 25.7 Å². The lowest BCUT2D eigenvalue weighted by molar-refractivity contribution is -0.143. The van der Waals surface area contributed by atoms with Crippen LogP contribution in [0.4, 0.5) is 0 Å². The van der Waals surface area contributed by atoms with Crippen LogP contribution in [0.25, 0.3) is 0 Å². The van der Waals surface area contributed by atoms with E-state index in [4.69, 9.17) is 32.7 Å². The van der Waals surface area contributed by atoms with E-state index in [0.717, 1.165) is 11.1 Å². The zero-order chi connectivity index (χ0) is 19.1. The molecular weight excluding hydrogens is 377 g/mol. The molecule has 5 nitrogen and oxygen atoms in total. The van der Waals surface area contributed by atoms with Crippen LogP contribution in [0, 0.1) is 13.8 Å². The van der Waals surface area contributed by atoms with Gasteiger partial charge in [-0.1, -0.05) is 35.3 Å². The number of esters is 1. The van der Waals surface area contributed by atoms with Crippen LogP contribution >= 0.6 is 23.2 Å². The second-order valence-corrected chi connectivity index (χ2v) is 6.42. The summed E-state index contributed by atoms with van der Waals surface area (Å²) in [4.78, 5) is 23.7. The average Bonchev–Trinajstić information content (AvgIpc) is 2.61. The molecule has 0 spiro atoms. The highest BCUT2D eigenvalue weighted by Gasteiger charge is 2.10. The lowest BCUT2D eigenvalue weighted by Gasteiger charge is -2.10. The quantitative estimate of drug-likeness (QED) is 0.569. The number of carbonyl (C=O) groups is 2. The molecule has 2 rings (SSSR count). The van der Waals surface area contributed by atoms with Crippen LogP contribution < -0.4 is 10.1 Å². The normalized spacial score (nSPS) is 10.3. The standard InChI is InChI=1S/C19H19Cl2NO4/c1-12-6-7-14(10-13(12)2)19(24)22-11-17(23)25-8-9-26-18-15(20)4-3-5-16(18)21/h3-7,10H,8-9,11H2,1-2H3,(H,22,24). The molecule has 0 aliphatic carbocycles. The zero-order valence-electron chi connectivity index (χ0n) is 14.5. The third kappa shape index (κ3) is 5.64. The van der Waals surface area contributed by atoms with Crippen LogP contribution in [0.5, 0.6) is 5.75 Å². The summed E-state index contributed by atoms with van der Waals surface area (Å²) in [6.45, 7) is 3.77. The Labute approximate surface area is 162 Å². The smallest absolute Gasteiger partial charge is 0.325 e. The van der Waals surface area contributed by atoms with Gasteiger partial charge in [0, 0.05) is 5.56 Å². The van der Waals surface area contributed by atoms with Crippen molar-refractivity contribution in [1.29, 1.82) is 0 Å². The van der Waals surface area contributed by atoms with Crippen molar-refractivity contribution in [3.8, 4) is 5.75 Å². The molecule has 0 aromatic heterocycles. The number of halogens is 2. The van der Waals surface area contributed by atoms with E-state index < -0.39 is 5.97 Å². The molecule has 2 aromatic carbocycles. The molecule has 1 N–H and O–H groups in total. The van der Waals surface area contributed by atoms with Crippen LogP contribution in [0.1, 0.15) is 21.5 Å². The van der Waals surface area contributed by atoms with Gasteiger partial charge in [-0.05, 0) is 49.2 Å². The number of carbonyl (C=O) groups excluding carboxylic acids is 2. The van der Waals surface area contributed by atoms with Crippen molar-refractivity contribution < 1.29 is 19.1 Å². The number of hydrogen-bond donors (Lipinski definition) is 1. The molecule has 0 unspecified atom stereocenters. The number of benzene rings is 2. The summed E-state index contributed by atoms with van der Waals surface area (Å²) in [7, 11) is 0. The van der Waals surface area contributed by atoms with Gasteiger partial charge in [0.25, 0.3) is 5.91 Å². The van der Waals surface area contributed by atoms with Gasteiger partial charge in [0.15, 0.2) is 5.75 Å². The number of rotatable bonds is 7. The second-order valence-electron chi connectivity index (χ2n) is 5.60. The molecule has 138 valence electrons. The van der Waals surface area contributed by atoms with Crippen molar-refractivity contribution in [3.63, 3.8) is 0 Å². The highest BCUT2D eigenvalue weighted by Crippen LogP contribution is 2.32. The van der Waals surface area contributed by atoms with Gasteiger partial charge in [0.05, 0.1) is 10.0 Å². The first-order valence-corrected chi connectivity index (χ1v) is 8.72. The minimum atomic E-state index is -0.559. The Morgan fingerprint density at radius 2 is 1.69 bits per heavy atom. The van der Waals surface area contributed by atoms with Crippen LogP contribution in [-0.2, 0) is 9.53 Å². The van der Waals surface area contributed by atoms with Crippen molar-refractivity contribution in [2.75, 3.05) is 19.8 Å². The summed E-state index contributed by atoms with van der Waals surface area (Å²) in [6.07, 6.45) is 0. The predicted molar refractivity (Wildman–Crippen MR) is 101 cm³/mol. The van der Waals surface area contributed by atoms with Crippen molar-refractivity contribution in [2.45, 2.75) is 13.8 Å². The van der Waals surface area contributed by atoms with Gasteiger partial charge in [-0.3, -0.25) is 9.59 Å². The Bertz CT molecular complexity index is 788. The number of amides is 1. The van der Waals surface area contributed by atoms with Crippen molar-refractivity contribution in [1.82, 2.24) is 5.32 Å². The van der Waals surface area contributed by atoms with Gasteiger partial charge in [0.2, 0.25) is 0 Å². The molecule has 0 saturated heterocycles. The van der Waals surface area contributed by atoms with Crippen LogP contribution in [0.3, 0.4) is 0 Å². The topological polar surface area (TPSA) is 64.6 Å². The maximum Gasteiger partial charge on any atom is 0.325 e. The largest absolute Gasteiger partial charge is 0.487 e. The summed E-state index contributed by atoms with van der Waals surface area (Å²) < 4.78 is 10.4. The Morgan fingerprint density at radius 3 is 2.35 bits per heavy atom. The molecule has 1 amide bonds. The predicted octanol–water partition coefficient (Wildman–Crippen LogP) is 3.96. The van der Waals surface area contributed by atoms with E-state index in [9.17, 15) is 9.59 Å². The van der Waals surface area contributed by atoms with Gasteiger partial charge in [0.1, 0.15) is 19.8 Å². The Hall–Kier alpha value is -2.24. The Morgan fingerprint density at radius 1 is 1.00 bits per heavy atom. The number of ether oxygens (including phenoxy) is 2. The molecule has 0 atom stereocenters. The van der Waals surface area contributed by atoms with E-state index >= 15 is 0 Å². The van der Waals surface area contributed by atoms with Gasteiger partial charge < -0.3 is 14.8 Å². The van der Waals surface area contributed by atoms with Crippen LogP contribution in [-0.4, -0.2) is 31.6 Å². The van der Waals surface area contributed by atoms with Gasteiger partial charge in [-0.15, -0.1) is 0 Å². The highest BCUT2D eigenvalue weighted by atomic mass is 35.5. The fourth-order valence-electron chi connectivity index (χ4n) is 2.11. The second kappa shape index (κ2) is 9.46. The molecule has 0 fully saturated rings. The van der Waals surface area contributed by atoms with Crippen molar-refractivity contribution in [2.24, 2.45) is 0 Å². The molecule has 0 saturated carbocycles. The monoisotopic (exact) mass is 395 g/mol. The first-order chi connectivity index (χ1) is 12.4. The molecule has 0 radical (unpaired) electrons. The lowest BCUT2D eigenvalue weighted by Crippen LogP contribution is -2.31. The summed E-state index contributed by atoms with van der Waals surface area (Å²) in [5.74, 6) is -0.546. The summed E-state index contributed by atoms with van der Waals surface area (Å²) in [6, 6.07) is 10.4. The van der Waals surface area contributed by atoms with Gasteiger partial charge >= 0.3 is 5.97 Å². The molecular formula is C19H19Cl2NO4. The lowest BCUT2D eigenvalue weighted by atomic mass is 10.1. The summed E-state index contributed by atoms with van der Waals surface area (Å²) >= 11 is 11.9. The molecule has 0 aliphatic heterocycles. The zero-order valence-corrected chi connectivity index (χ0v) is 16.0. The summed E-state index contributed by atoms with van der Waals surface area (Å²) in [5.41, 5.74) is 2.60. The summed E-state index contributed by atoms with van der Waals surface area (Å²) in [5, 5.41) is 3.28. The van der Waals surface area contributed by atoms with Gasteiger partial charge in [-0.25, -0.2) is 0 Å². The van der Waals surface area contributed by atoms with E-state index in [2.05, 4.69) is 5.32 Å². The number of nitrogens with one attached hydrogen (secondary N) is 1. The fourth-order valence-corrected chi connectivity index (χ4v) is 2.61. The fraction of sp³-hybridized carbons (Fsp3) is 0.263. The SMILES string of the molecule is Cc1ccc(C(=O)NCC(=O)OCCOc2c(Cl)cccc2Cl)cc1C. The Kier molecular flexibility index (Phi) is 7.30. The molecule has 26 heavy (non-hydrogen) atoms. The first kappa shape index (κ1) is 20.1. The average molecular weight is 396 g/mol. The third-order valence-electron chi connectivity index (χ3n) is 3.67. The van der Waals surface area contributed by atoms with Gasteiger partial charge in [-0.2, -0.15) is 0 Å². The minimum Gasteiger partial charge on any atom is -0.487 e. The maximum atomic E-state index is 12.0. The number of aryl methyl sites for hydroxylation is 2. The number of para-hydroxylation sites is 1. The molecule has 2 aromatic rings. The highest BCUT2D eigenvalue weighted by molar-refractivity contribution is 6.37. The minimum absolute atomic E-state index is 0.0138. The molecule has 7 heteroatoms. The van der Waals surface area contributed by atoms with E-state index in [0.29, 0.717) is 21.4 Å². The van der Waals surface area contributed by atoms with Crippen LogP contribution in [0.2, 0.25) is 10.0 Å². The Balaban J connectivity index is 1.72. The van der Waals surface area contributed by atoms with Crippen LogP contribution in [0.15, 0.2) is 36.4 Å².